The molecule has 0 aliphatic carbocycles. The predicted molar refractivity (Wildman–Crippen MR) is 113 cm³/mol. The molecule has 1 atom stereocenters. The molecule has 8 heteroatoms. The van der Waals surface area contributed by atoms with E-state index in [1.807, 2.05) is 23.1 Å². The summed E-state index contributed by atoms with van der Waals surface area (Å²) < 4.78 is 7.06. The number of hydrogen-bond acceptors (Lipinski definition) is 6. The number of ether oxygens (including phenoxy) is 1. The molecule has 1 aromatic heterocycles. The van der Waals surface area contributed by atoms with Crippen molar-refractivity contribution in [1.29, 1.82) is 0 Å². The van der Waals surface area contributed by atoms with Crippen LogP contribution in [-0.2, 0) is 17.9 Å². The molecular weight excluding hydrogens is 380 g/mol. The van der Waals surface area contributed by atoms with E-state index in [0.29, 0.717) is 6.54 Å². The number of nitrogens with zero attached hydrogens (tertiary/aromatic N) is 6. The second-order valence-electron chi connectivity index (χ2n) is 8.59. The highest BCUT2D eigenvalue weighted by molar-refractivity contribution is 5.76. The van der Waals surface area contributed by atoms with E-state index in [1.54, 1.807) is 11.8 Å². The number of hydrogen-bond donors (Lipinski definition) is 0. The van der Waals surface area contributed by atoms with E-state index in [0.717, 1.165) is 62.0 Å². The van der Waals surface area contributed by atoms with Crippen molar-refractivity contribution in [3.8, 4) is 5.75 Å². The molecule has 0 bridgehead atoms. The van der Waals surface area contributed by atoms with E-state index in [1.165, 1.54) is 12.8 Å². The Morgan fingerprint density at radius 1 is 1.17 bits per heavy atom. The van der Waals surface area contributed by atoms with Gasteiger partial charge in [0, 0.05) is 6.54 Å². The minimum atomic E-state index is 0.0725. The maximum atomic E-state index is 13.3. The molecule has 30 heavy (non-hydrogen) atoms. The van der Waals surface area contributed by atoms with Crippen LogP contribution in [0.1, 0.15) is 56.5 Å². The van der Waals surface area contributed by atoms with Gasteiger partial charge in [-0.1, -0.05) is 19.1 Å². The minimum absolute atomic E-state index is 0.0725. The molecule has 162 valence electrons. The van der Waals surface area contributed by atoms with Crippen LogP contribution in [0.3, 0.4) is 0 Å². The molecule has 0 radical (unpaired) electrons. The van der Waals surface area contributed by atoms with Crippen LogP contribution in [0.5, 0.6) is 5.75 Å². The summed E-state index contributed by atoms with van der Waals surface area (Å²) in [6.45, 7) is 6.08. The number of amides is 1. The van der Waals surface area contributed by atoms with Crippen molar-refractivity contribution in [2.45, 2.75) is 58.2 Å². The normalized spacial score (nSPS) is 21.0. The van der Waals surface area contributed by atoms with Gasteiger partial charge in [0.15, 0.2) is 5.82 Å². The molecule has 0 saturated carbocycles. The average molecular weight is 413 g/mol. The van der Waals surface area contributed by atoms with Gasteiger partial charge in [-0.15, -0.1) is 5.10 Å². The summed E-state index contributed by atoms with van der Waals surface area (Å²) in [6.07, 6.45) is 5.52. The third kappa shape index (κ3) is 4.80. The van der Waals surface area contributed by atoms with Crippen LogP contribution in [0.2, 0.25) is 0 Å². The lowest BCUT2D eigenvalue weighted by atomic mass is 9.95. The molecule has 1 aromatic carbocycles. The number of carbonyl (C=O) groups excluding carboxylic acids is 1. The first-order valence-electron chi connectivity index (χ1n) is 11.0. The van der Waals surface area contributed by atoms with Crippen LogP contribution in [0.4, 0.5) is 0 Å². The molecule has 2 saturated heterocycles. The van der Waals surface area contributed by atoms with Crippen molar-refractivity contribution in [1.82, 2.24) is 30.0 Å². The first kappa shape index (κ1) is 20.8. The maximum absolute atomic E-state index is 13.3. The van der Waals surface area contributed by atoms with Crippen LogP contribution in [0.15, 0.2) is 24.3 Å². The van der Waals surface area contributed by atoms with E-state index in [-0.39, 0.29) is 18.5 Å². The first-order valence-corrected chi connectivity index (χ1v) is 11.0. The third-order valence-corrected chi connectivity index (χ3v) is 6.43. The smallest absolute Gasteiger partial charge is 0.244 e. The zero-order valence-corrected chi connectivity index (χ0v) is 18.0. The van der Waals surface area contributed by atoms with E-state index < -0.39 is 0 Å². The Labute approximate surface area is 178 Å². The molecule has 0 unspecified atom stereocenters. The number of piperidine rings is 2. The number of carbonyl (C=O) groups is 1. The zero-order chi connectivity index (χ0) is 20.9. The molecule has 8 nitrogen and oxygen atoms in total. The third-order valence-electron chi connectivity index (χ3n) is 6.43. The van der Waals surface area contributed by atoms with Gasteiger partial charge in [-0.3, -0.25) is 9.69 Å². The van der Waals surface area contributed by atoms with E-state index in [9.17, 15) is 4.79 Å². The monoisotopic (exact) mass is 412 g/mol. The van der Waals surface area contributed by atoms with Crippen molar-refractivity contribution in [2.75, 3.05) is 26.7 Å². The summed E-state index contributed by atoms with van der Waals surface area (Å²) in [4.78, 5) is 17.6. The molecule has 0 N–H and O–H groups in total. The van der Waals surface area contributed by atoms with Gasteiger partial charge in [-0.05, 0) is 79.2 Å². The minimum Gasteiger partial charge on any atom is -0.497 e. The second kappa shape index (κ2) is 9.55. The summed E-state index contributed by atoms with van der Waals surface area (Å²) in [7, 11) is 1.67. The fraction of sp³-hybridized carbons (Fsp3) is 0.636. The summed E-state index contributed by atoms with van der Waals surface area (Å²) in [5.74, 6) is 2.45. The number of benzene rings is 1. The first-order chi connectivity index (χ1) is 14.6. The fourth-order valence-electron chi connectivity index (χ4n) is 4.52. The summed E-state index contributed by atoms with van der Waals surface area (Å²) in [5, 5.41) is 12.2. The molecule has 2 aliphatic heterocycles. The number of aromatic nitrogens is 4. The van der Waals surface area contributed by atoms with Gasteiger partial charge >= 0.3 is 0 Å². The number of methoxy groups -OCH3 is 1. The molecule has 2 aromatic rings. The standard InChI is InChI=1S/C22H32N6O2/c1-17-9-12-26(13-10-17)15-21-23-24-25-28(21)16-22(29)27-11-4-3-8-20(27)18-6-5-7-19(14-18)30-2/h5-7,14,17,20H,3-4,8-13,15-16H2,1-2H3/t20-/m0/s1. The second-order valence-corrected chi connectivity index (χ2v) is 8.59. The predicted octanol–water partition coefficient (Wildman–Crippen LogP) is 2.67. The lowest BCUT2D eigenvalue weighted by molar-refractivity contribution is -0.136. The van der Waals surface area contributed by atoms with Gasteiger partial charge in [0.05, 0.1) is 19.7 Å². The van der Waals surface area contributed by atoms with Gasteiger partial charge in [-0.25, -0.2) is 4.68 Å². The highest BCUT2D eigenvalue weighted by Crippen LogP contribution is 2.32. The average Bonchev–Trinajstić information content (AvgIpc) is 3.21. The van der Waals surface area contributed by atoms with Gasteiger partial charge in [0.25, 0.3) is 0 Å². The lowest BCUT2D eigenvalue weighted by Gasteiger charge is -2.36. The van der Waals surface area contributed by atoms with Gasteiger partial charge in [0.2, 0.25) is 5.91 Å². The van der Waals surface area contributed by atoms with Gasteiger partial charge < -0.3 is 9.64 Å². The largest absolute Gasteiger partial charge is 0.497 e. The highest BCUT2D eigenvalue weighted by Gasteiger charge is 2.29. The Hall–Kier alpha value is -2.48. The number of tetrazole rings is 1. The molecular formula is C22H32N6O2. The van der Waals surface area contributed by atoms with Crippen LogP contribution in [-0.4, -0.2) is 62.7 Å². The molecule has 2 aliphatic rings. The molecule has 2 fully saturated rings. The van der Waals surface area contributed by atoms with Crippen LogP contribution in [0, 0.1) is 5.92 Å². The Kier molecular flexibility index (Phi) is 6.62. The number of likely N-dealkylation sites (tertiary alicyclic amines) is 2. The van der Waals surface area contributed by atoms with E-state index in [2.05, 4.69) is 33.4 Å². The van der Waals surface area contributed by atoms with Crippen molar-refractivity contribution in [3.63, 3.8) is 0 Å². The summed E-state index contributed by atoms with van der Waals surface area (Å²) >= 11 is 0. The topological polar surface area (TPSA) is 76.4 Å². The molecule has 0 spiro atoms. The van der Waals surface area contributed by atoms with Crippen molar-refractivity contribution < 1.29 is 9.53 Å². The van der Waals surface area contributed by atoms with Crippen molar-refractivity contribution >= 4 is 5.91 Å². The maximum Gasteiger partial charge on any atom is 0.244 e. The summed E-state index contributed by atoms with van der Waals surface area (Å²) in [6, 6.07) is 8.12. The zero-order valence-electron chi connectivity index (χ0n) is 18.0. The Balaban J connectivity index is 1.44. The van der Waals surface area contributed by atoms with Crippen LogP contribution >= 0.6 is 0 Å². The molecule has 1 amide bonds. The van der Waals surface area contributed by atoms with Crippen molar-refractivity contribution in [3.05, 3.63) is 35.7 Å². The Morgan fingerprint density at radius 2 is 2.00 bits per heavy atom. The van der Waals surface area contributed by atoms with Crippen molar-refractivity contribution in [2.24, 2.45) is 5.92 Å². The highest BCUT2D eigenvalue weighted by atomic mass is 16.5. The SMILES string of the molecule is COc1cccc([C@@H]2CCCCN2C(=O)Cn2nnnc2CN2CCC(C)CC2)c1. The van der Waals surface area contributed by atoms with Gasteiger partial charge in [-0.2, -0.15) is 0 Å². The molecule has 3 heterocycles. The lowest BCUT2D eigenvalue weighted by Crippen LogP contribution is -2.41. The number of rotatable bonds is 6. The van der Waals surface area contributed by atoms with E-state index >= 15 is 0 Å². The Bertz CT molecular complexity index is 846. The molecule has 4 rings (SSSR count). The fourth-order valence-corrected chi connectivity index (χ4v) is 4.52. The van der Waals surface area contributed by atoms with E-state index in [4.69, 9.17) is 4.74 Å². The quantitative estimate of drug-likeness (QED) is 0.726. The summed E-state index contributed by atoms with van der Waals surface area (Å²) in [5.41, 5.74) is 1.13. The Morgan fingerprint density at radius 3 is 2.80 bits per heavy atom. The van der Waals surface area contributed by atoms with Crippen LogP contribution in [0.25, 0.3) is 0 Å². The van der Waals surface area contributed by atoms with Gasteiger partial charge in [0.1, 0.15) is 12.3 Å². The van der Waals surface area contributed by atoms with Crippen LogP contribution < -0.4 is 4.74 Å².